The molecule has 1 aromatic carbocycles. The van der Waals surface area contributed by atoms with E-state index in [0.717, 1.165) is 23.1 Å². The first kappa shape index (κ1) is 19.6. The summed E-state index contributed by atoms with van der Waals surface area (Å²) in [4.78, 5) is 21.7. The standard InChI is InChI=1S/C21H29N3O3/c1-4-10-21(14-25)13-24(11-9-18(21)26)20(27)16-12-19(23(2)3)22-17-8-6-5-7-15(16)17/h5-8,12,18,25-26H,4,9-11,13-14H2,1-3H3/t18-,21-/m0/s1. The quantitative estimate of drug-likeness (QED) is 0.843. The number of amides is 1. The molecule has 27 heavy (non-hydrogen) atoms. The maximum absolute atomic E-state index is 13.4. The van der Waals surface area contributed by atoms with Crippen LogP contribution in [-0.2, 0) is 0 Å². The third-order valence-electron chi connectivity index (χ3n) is 5.63. The molecule has 3 rings (SSSR count). The van der Waals surface area contributed by atoms with E-state index in [4.69, 9.17) is 0 Å². The topological polar surface area (TPSA) is 76.9 Å². The monoisotopic (exact) mass is 371 g/mol. The summed E-state index contributed by atoms with van der Waals surface area (Å²) in [6.07, 6.45) is 1.44. The summed E-state index contributed by atoms with van der Waals surface area (Å²) in [6, 6.07) is 9.48. The highest BCUT2D eigenvalue weighted by molar-refractivity contribution is 6.07. The lowest BCUT2D eigenvalue weighted by Crippen LogP contribution is -2.55. The molecule has 0 radical (unpaired) electrons. The fourth-order valence-corrected chi connectivity index (χ4v) is 4.04. The van der Waals surface area contributed by atoms with Crippen LogP contribution in [0, 0.1) is 5.41 Å². The predicted molar refractivity (Wildman–Crippen MR) is 107 cm³/mol. The Labute approximate surface area is 160 Å². The van der Waals surface area contributed by atoms with Crippen molar-refractivity contribution in [1.82, 2.24) is 9.88 Å². The van der Waals surface area contributed by atoms with Crippen LogP contribution in [0.25, 0.3) is 10.9 Å². The molecule has 1 fully saturated rings. The van der Waals surface area contributed by atoms with Crippen LogP contribution in [0.1, 0.15) is 36.5 Å². The maximum Gasteiger partial charge on any atom is 0.254 e. The number of piperidine rings is 1. The zero-order chi connectivity index (χ0) is 19.6. The molecule has 0 aliphatic carbocycles. The van der Waals surface area contributed by atoms with Gasteiger partial charge in [0.05, 0.1) is 23.8 Å². The van der Waals surface area contributed by atoms with Crippen LogP contribution in [0.2, 0.25) is 0 Å². The number of aromatic nitrogens is 1. The van der Waals surface area contributed by atoms with Crippen molar-refractivity contribution in [2.24, 2.45) is 5.41 Å². The molecule has 2 N–H and O–H groups in total. The van der Waals surface area contributed by atoms with Gasteiger partial charge in [0.2, 0.25) is 0 Å². The molecule has 146 valence electrons. The average molecular weight is 371 g/mol. The van der Waals surface area contributed by atoms with Gasteiger partial charge in [-0.1, -0.05) is 31.5 Å². The molecule has 1 saturated heterocycles. The van der Waals surface area contributed by atoms with Crippen molar-refractivity contribution >= 4 is 22.6 Å². The van der Waals surface area contributed by atoms with Gasteiger partial charge in [-0.15, -0.1) is 0 Å². The van der Waals surface area contributed by atoms with Gasteiger partial charge >= 0.3 is 0 Å². The largest absolute Gasteiger partial charge is 0.396 e. The number of hydrogen-bond acceptors (Lipinski definition) is 5. The molecular formula is C21H29N3O3. The van der Waals surface area contributed by atoms with E-state index in [9.17, 15) is 15.0 Å². The van der Waals surface area contributed by atoms with Crippen LogP contribution >= 0.6 is 0 Å². The number of rotatable bonds is 5. The van der Waals surface area contributed by atoms with Gasteiger partial charge in [0.15, 0.2) is 0 Å². The zero-order valence-corrected chi connectivity index (χ0v) is 16.4. The smallest absolute Gasteiger partial charge is 0.254 e. The second-order valence-corrected chi connectivity index (χ2v) is 7.74. The Bertz CT molecular complexity index is 823. The molecule has 6 nitrogen and oxygen atoms in total. The van der Waals surface area contributed by atoms with Crippen molar-refractivity contribution in [3.05, 3.63) is 35.9 Å². The van der Waals surface area contributed by atoms with Crippen LogP contribution in [0.5, 0.6) is 0 Å². The minimum Gasteiger partial charge on any atom is -0.396 e. The van der Waals surface area contributed by atoms with Crippen molar-refractivity contribution in [3.8, 4) is 0 Å². The average Bonchev–Trinajstić information content (AvgIpc) is 2.68. The zero-order valence-electron chi connectivity index (χ0n) is 16.4. The van der Waals surface area contributed by atoms with Crippen molar-refractivity contribution in [3.63, 3.8) is 0 Å². The summed E-state index contributed by atoms with van der Waals surface area (Å²) in [6.45, 7) is 2.77. The number of fused-ring (bicyclic) bond motifs is 1. The number of para-hydroxylation sites is 1. The van der Waals surface area contributed by atoms with E-state index in [0.29, 0.717) is 31.5 Å². The third kappa shape index (κ3) is 3.64. The number of nitrogens with zero attached hydrogens (tertiary/aromatic N) is 3. The van der Waals surface area contributed by atoms with Crippen LogP contribution in [0.15, 0.2) is 30.3 Å². The van der Waals surface area contributed by atoms with Crippen LogP contribution in [0.3, 0.4) is 0 Å². The number of carbonyl (C=O) groups is 1. The van der Waals surface area contributed by atoms with Gasteiger partial charge in [-0.05, 0) is 25.0 Å². The summed E-state index contributed by atoms with van der Waals surface area (Å²) >= 11 is 0. The molecule has 1 aliphatic heterocycles. The molecule has 1 amide bonds. The minimum atomic E-state index is -0.643. The van der Waals surface area contributed by atoms with E-state index in [1.165, 1.54) is 0 Å². The fraction of sp³-hybridized carbons (Fsp3) is 0.524. The number of anilines is 1. The fourth-order valence-electron chi connectivity index (χ4n) is 4.04. The Morgan fingerprint density at radius 2 is 2.11 bits per heavy atom. The Kier molecular flexibility index (Phi) is 5.67. The second-order valence-electron chi connectivity index (χ2n) is 7.74. The maximum atomic E-state index is 13.4. The minimum absolute atomic E-state index is 0.0717. The summed E-state index contributed by atoms with van der Waals surface area (Å²) in [5.74, 6) is 0.661. The van der Waals surface area contributed by atoms with Crippen molar-refractivity contribution < 1.29 is 15.0 Å². The van der Waals surface area contributed by atoms with Crippen molar-refractivity contribution in [1.29, 1.82) is 0 Å². The molecule has 1 aromatic heterocycles. The third-order valence-corrected chi connectivity index (χ3v) is 5.63. The van der Waals surface area contributed by atoms with E-state index >= 15 is 0 Å². The molecule has 0 spiro atoms. The molecule has 2 atom stereocenters. The molecule has 2 heterocycles. The van der Waals surface area contributed by atoms with Gasteiger partial charge in [-0.25, -0.2) is 4.98 Å². The first-order chi connectivity index (χ1) is 12.9. The number of aliphatic hydroxyl groups excluding tert-OH is 2. The van der Waals surface area contributed by atoms with Crippen molar-refractivity contribution in [2.45, 2.75) is 32.3 Å². The summed E-state index contributed by atoms with van der Waals surface area (Å²) in [7, 11) is 3.81. The van der Waals surface area contributed by atoms with Gasteiger partial charge in [0.1, 0.15) is 5.82 Å². The van der Waals surface area contributed by atoms with E-state index in [1.807, 2.05) is 56.3 Å². The highest BCUT2D eigenvalue weighted by Gasteiger charge is 2.43. The molecular weight excluding hydrogens is 342 g/mol. The highest BCUT2D eigenvalue weighted by Crippen LogP contribution is 2.36. The summed E-state index contributed by atoms with van der Waals surface area (Å²) < 4.78 is 0. The van der Waals surface area contributed by atoms with Gasteiger partial charge in [0.25, 0.3) is 5.91 Å². The SMILES string of the molecule is CCC[C@@]1(CO)CN(C(=O)c2cc(N(C)C)nc3ccccc23)CC[C@@H]1O. The molecule has 6 heteroatoms. The molecule has 1 aliphatic rings. The lowest BCUT2D eigenvalue weighted by Gasteiger charge is -2.45. The van der Waals surface area contributed by atoms with E-state index < -0.39 is 11.5 Å². The highest BCUT2D eigenvalue weighted by atomic mass is 16.3. The Hall–Kier alpha value is -2.18. The first-order valence-electron chi connectivity index (χ1n) is 9.57. The molecule has 0 saturated carbocycles. The first-order valence-corrected chi connectivity index (χ1v) is 9.57. The lowest BCUT2D eigenvalue weighted by molar-refractivity contribution is -0.0719. The second kappa shape index (κ2) is 7.82. The summed E-state index contributed by atoms with van der Waals surface area (Å²) in [5.41, 5.74) is 0.755. The van der Waals surface area contributed by atoms with E-state index in [1.54, 1.807) is 4.90 Å². The van der Waals surface area contributed by atoms with Gasteiger partial charge in [-0.2, -0.15) is 0 Å². The number of pyridine rings is 1. The number of likely N-dealkylation sites (tertiary alicyclic amines) is 1. The molecule has 0 unspecified atom stereocenters. The van der Waals surface area contributed by atoms with Crippen LogP contribution < -0.4 is 4.90 Å². The Balaban J connectivity index is 2.00. The van der Waals surface area contributed by atoms with E-state index in [2.05, 4.69) is 4.98 Å². The number of aliphatic hydroxyl groups is 2. The Morgan fingerprint density at radius 1 is 1.37 bits per heavy atom. The number of benzene rings is 1. The number of carbonyl (C=O) groups excluding carboxylic acids is 1. The summed E-state index contributed by atoms with van der Waals surface area (Å²) in [5, 5.41) is 21.3. The van der Waals surface area contributed by atoms with Crippen molar-refractivity contribution in [2.75, 3.05) is 38.7 Å². The molecule has 2 aromatic rings. The van der Waals surface area contributed by atoms with Gasteiger partial charge in [-0.3, -0.25) is 4.79 Å². The van der Waals surface area contributed by atoms with E-state index in [-0.39, 0.29) is 12.5 Å². The van der Waals surface area contributed by atoms with Crippen LogP contribution in [-0.4, -0.2) is 65.9 Å². The normalized spacial score (nSPS) is 22.9. The predicted octanol–water partition coefficient (Wildman–Crippen LogP) is 2.29. The van der Waals surface area contributed by atoms with Crippen LogP contribution in [0.4, 0.5) is 5.82 Å². The number of hydrogen-bond donors (Lipinski definition) is 2. The van der Waals surface area contributed by atoms with Gasteiger partial charge in [0, 0.05) is 38.0 Å². The van der Waals surface area contributed by atoms with Gasteiger partial charge < -0.3 is 20.0 Å². The Morgan fingerprint density at radius 3 is 2.78 bits per heavy atom. The lowest BCUT2D eigenvalue weighted by atomic mass is 9.74. The molecule has 0 bridgehead atoms.